The highest BCUT2D eigenvalue weighted by molar-refractivity contribution is 5.61. The summed E-state index contributed by atoms with van der Waals surface area (Å²) < 4.78 is 21.5. The van der Waals surface area contributed by atoms with Crippen molar-refractivity contribution in [1.29, 1.82) is 0 Å². The zero-order valence-corrected chi connectivity index (χ0v) is 18.4. The first-order valence-corrected chi connectivity index (χ1v) is 11.7. The molecule has 2 unspecified atom stereocenters. The minimum absolute atomic E-state index is 0.00719. The van der Waals surface area contributed by atoms with Crippen LogP contribution in [0.3, 0.4) is 0 Å². The van der Waals surface area contributed by atoms with E-state index in [1.54, 1.807) is 0 Å². The highest BCUT2D eigenvalue weighted by Crippen LogP contribution is 2.26. The Morgan fingerprint density at radius 3 is 2.00 bits per heavy atom. The molecule has 2 aliphatic carbocycles. The van der Waals surface area contributed by atoms with Crippen molar-refractivity contribution in [3.05, 3.63) is 0 Å². The van der Waals surface area contributed by atoms with Crippen LogP contribution in [0.5, 0.6) is 0 Å². The Hall–Kier alpha value is -1.46. The molecule has 2 rings (SSSR count). The summed E-state index contributed by atoms with van der Waals surface area (Å²) in [7, 11) is 0. The fourth-order valence-corrected chi connectivity index (χ4v) is 4.13. The van der Waals surface area contributed by atoms with Crippen molar-refractivity contribution < 1.29 is 28.5 Å². The average molecular weight is 413 g/mol. The first-order chi connectivity index (χ1) is 14.0. The van der Waals surface area contributed by atoms with Crippen LogP contribution in [0.15, 0.2) is 0 Å². The Labute approximate surface area is 176 Å². The highest BCUT2D eigenvalue weighted by atomic mass is 16.7. The lowest BCUT2D eigenvalue weighted by atomic mass is 9.95. The fraction of sp³-hybridized carbons (Fsp3) is 0.913. The van der Waals surface area contributed by atoms with Gasteiger partial charge in [-0.1, -0.05) is 46.0 Å². The molecule has 0 amide bonds. The van der Waals surface area contributed by atoms with Crippen molar-refractivity contribution in [2.24, 2.45) is 5.92 Å². The van der Waals surface area contributed by atoms with E-state index in [-0.39, 0.29) is 18.3 Å². The molecule has 0 bridgehead atoms. The molecule has 2 fully saturated rings. The van der Waals surface area contributed by atoms with Gasteiger partial charge in [0.15, 0.2) is 0 Å². The van der Waals surface area contributed by atoms with E-state index in [2.05, 4.69) is 13.8 Å². The van der Waals surface area contributed by atoms with Crippen LogP contribution in [-0.4, -0.2) is 37.2 Å². The smallest absolute Gasteiger partial charge is 0.434 e. The van der Waals surface area contributed by atoms with Gasteiger partial charge in [0.1, 0.15) is 18.3 Å². The van der Waals surface area contributed by atoms with E-state index in [0.717, 1.165) is 63.7 Å². The van der Waals surface area contributed by atoms with Gasteiger partial charge in [-0.3, -0.25) is 0 Å². The summed E-state index contributed by atoms with van der Waals surface area (Å²) in [5.74, 6) is 0.749. The lowest BCUT2D eigenvalue weighted by Gasteiger charge is -2.29. The van der Waals surface area contributed by atoms with Crippen LogP contribution in [0.25, 0.3) is 0 Å². The van der Waals surface area contributed by atoms with E-state index in [1.807, 2.05) is 0 Å². The van der Waals surface area contributed by atoms with E-state index in [9.17, 15) is 9.59 Å². The minimum Gasteiger partial charge on any atom is -0.434 e. The first kappa shape index (κ1) is 23.8. The fourth-order valence-electron chi connectivity index (χ4n) is 4.13. The van der Waals surface area contributed by atoms with Gasteiger partial charge in [0.25, 0.3) is 0 Å². The van der Waals surface area contributed by atoms with Crippen molar-refractivity contribution in [2.75, 3.05) is 6.61 Å². The van der Waals surface area contributed by atoms with E-state index in [1.165, 1.54) is 25.7 Å². The maximum atomic E-state index is 12.0. The molecule has 0 aromatic carbocycles. The molecule has 2 saturated carbocycles. The molecule has 6 nitrogen and oxygen atoms in total. The molecule has 2 atom stereocenters. The third-order valence-electron chi connectivity index (χ3n) is 5.81. The second kappa shape index (κ2) is 13.7. The molecule has 29 heavy (non-hydrogen) atoms. The number of hydrogen-bond acceptors (Lipinski definition) is 6. The zero-order chi connectivity index (χ0) is 20.9. The Morgan fingerprint density at radius 2 is 1.31 bits per heavy atom. The Morgan fingerprint density at radius 1 is 0.724 bits per heavy atom. The maximum absolute atomic E-state index is 12.0. The SMILES string of the molecule is CC(C)CCCCCCOC(=O)OC1CCCC(OC(=O)OC2CCCCC2)C1. The number of rotatable bonds is 10. The van der Waals surface area contributed by atoms with Gasteiger partial charge in [-0.2, -0.15) is 0 Å². The second-order valence-electron chi connectivity index (χ2n) is 8.97. The molecular formula is C23H40O6. The largest absolute Gasteiger partial charge is 0.508 e. The molecule has 0 spiro atoms. The summed E-state index contributed by atoms with van der Waals surface area (Å²) in [6.45, 7) is 4.88. The standard InChI is InChI=1S/C23H40O6/c1-18(2)11-6-3-4-9-16-26-22(24)28-20-14-10-15-21(17-20)29-23(25)27-19-12-7-5-8-13-19/h18-21H,3-17H2,1-2H3. The van der Waals surface area contributed by atoms with Crippen LogP contribution in [0, 0.1) is 5.92 Å². The van der Waals surface area contributed by atoms with Crippen molar-refractivity contribution in [3.63, 3.8) is 0 Å². The third-order valence-corrected chi connectivity index (χ3v) is 5.81. The molecule has 0 aromatic rings. The van der Waals surface area contributed by atoms with Gasteiger partial charge in [-0.05, 0) is 57.3 Å². The second-order valence-corrected chi connectivity index (χ2v) is 8.97. The molecule has 0 saturated heterocycles. The van der Waals surface area contributed by atoms with Gasteiger partial charge in [0, 0.05) is 6.42 Å². The maximum Gasteiger partial charge on any atom is 0.508 e. The average Bonchev–Trinajstić information content (AvgIpc) is 2.68. The first-order valence-electron chi connectivity index (χ1n) is 11.7. The summed E-state index contributed by atoms with van der Waals surface area (Å²) >= 11 is 0. The van der Waals surface area contributed by atoms with Gasteiger partial charge >= 0.3 is 12.3 Å². The quantitative estimate of drug-likeness (QED) is 0.299. The van der Waals surface area contributed by atoms with E-state index in [4.69, 9.17) is 18.9 Å². The number of carbonyl (C=O) groups is 2. The number of carbonyl (C=O) groups excluding carboxylic acids is 2. The van der Waals surface area contributed by atoms with E-state index >= 15 is 0 Å². The molecule has 6 heteroatoms. The molecule has 0 aromatic heterocycles. The number of unbranched alkanes of at least 4 members (excludes halogenated alkanes) is 3. The van der Waals surface area contributed by atoms with Crippen LogP contribution < -0.4 is 0 Å². The summed E-state index contributed by atoms with van der Waals surface area (Å²) in [5.41, 5.74) is 0. The lowest BCUT2D eigenvalue weighted by molar-refractivity contribution is -0.0467. The normalized spacial score (nSPS) is 22.9. The molecule has 168 valence electrons. The van der Waals surface area contributed by atoms with Crippen LogP contribution >= 0.6 is 0 Å². The van der Waals surface area contributed by atoms with Crippen LogP contribution in [0.4, 0.5) is 9.59 Å². The summed E-state index contributed by atoms with van der Waals surface area (Å²) in [6, 6.07) is 0. The van der Waals surface area contributed by atoms with Crippen LogP contribution in [0.1, 0.15) is 104 Å². The molecule has 0 N–H and O–H groups in total. The number of ether oxygens (including phenoxy) is 4. The van der Waals surface area contributed by atoms with Crippen LogP contribution in [-0.2, 0) is 18.9 Å². The Kier molecular flexibility index (Phi) is 11.3. The zero-order valence-electron chi connectivity index (χ0n) is 18.4. The topological polar surface area (TPSA) is 71.1 Å². The minimum atomic E-state index is -0.609. The van der Waals surface area contributed by atoms with Crippen molar-refractivity contribution in [3.8, 4) is 0 Å². The van der Waals surface area contributed by atoms with Gasteiger partial charge in [-0.25, -0.2) is 9.59 Å². The number of hydrogen-bond donors (Lipinski definition) is 0. The summed E-state index contributed by atoms with van der Waals surface area (Å²) in [4.78, 5) is 23.9. The van der Waals surface area contributed by atoms with Gasteiger partial charge in [0.2, 0.25) is 0 Å². The molecule has 0 heterocycles. The Bertz CT molecular complexity index is 472. The Balaban J connectivity index is 1.54. The summed E-state index contributed by atoms with van der Waals surface area (Å²) in [5, 5.41) is 0. The molecule has 0 aliphatic heterocycles. The van der Waals surface area contributed by atoms with Gasteiger partial charge in [0.05, 0.1) is 6.61 Å². The molecule has 2 aliphatic rings. The molecule has 0 radical (unpaired) electrons. The van der Waals surface area contributed by atoms with Crippen LogP contribution in [0.2, 0.25) is 0 Å². The predicted molar refractivity (Wildman–Crippen MR) is 111 cm³/mol. The van der Waals surface area contributed by atoms with E-state index in [0.29, 0.717) is 13.0 Å². The predicted octanol–water partition coefficient (Wildman–Crippen LogP) is 6.54. The lowest BCUT2D eigenvalue weighted by Crippen LogP contribution is -2.33. The monoisotopic (exact) mass is 412 g/mol. The van der Waals surface area contributed by atoms with Gasteiger partial charge < -0.3 is 18.9 Å². The van der Waals surface area contributed by atoms with Crippen molar-refractivity contribution in [1.82, 2.24) is 0 Å². The van der Waals surface area contributed by atoms with Crippen molar-refractivity contribution >= 4 is 12.3 Å². The summed E-state index contributed by atoms with van der Waals surface area (Å²) in [6.07, 6.45) is 12.1. The van der Waals surface area contributed by atoms with E-state index < -0.39 is 12.3 Å². The van der Waals surface area contributed by atoms with Gasteiger partial charge in [-0.15, -0.1) is 0 Å². The van der Waals surface area contributed by atoms with Crippen molar-refractivity contribution in [2.45, 2.75) is 122 Å². The highest BCUT2D eigenvalue weighted by Gasteiger charge is 2.29. The third kappa shape index (κ3) is 10.8. The molecular weight excluding hydrogens is 372 g/mol.